The van der Waals surface area contributed by atoms with Crippen molar-refractivity contribution in [3.05, 3.63) is 102 Å². The number of nitrogens with one attached hydrogen (secondary N) is 1. The van der Waals surface area contributed by atoms with Gasteiger partial charge in [0, 0.05) is 33.6 Å². The van der Waals surface area contributed by atoms with Gasteiger partial charge in [0.1, 0.15) is 18.0 Å². The second kappa shape index (κ2) is 12.6. The lowest BCUT2D eigenvalue weighted by atomic mass is 9.99. The van der Waals surface area contributed by atoms with Gasteiger partial charge in [0.2, 0.25) is 11.8 Å². The molecule has 2 aliphatic rings. The van der Waals surface area contributed by atoms with Crippen LogP contribution in [0.1, 0.15) is 22.3 Å². The lowest BCUT2D eigenvalue weighted by Gasteiger charge is -2.46. The third-order valence-electron chi connectivity index (χ3n) is 7.98. The van der Waals surface area contributed by atoms with Gasteiger partial charge in [-0.05, 0) is 34.4 Å². The van der Waals surface area contributed by atoms with E-state index in [9.17, 15) is 19.5 Å². The molecule has 4 N–H and O–H groups in total. The van der Waals surface area contributed by atoms with Crippen LogP contribution in [0.15, 0.2) is 79.4 Å². The van der Waals surface area contributed by atoms with Gasteiger partial charge in [-0.15, -0.1) is 0 Å². The summed E-state index contributed by atoms with van der Waals surface area (Å²) in [7, 11) is 3.36. The van der Waals surface area contributed by atoms with Gasteiger partial charge < -0.3 is 25.2 Å². The third kappa shape index (κ3) is 6.18. The molecule has 3 aromatic carbocycles. The lowest BCUT2D eigenvalue weighted by molar-refractivity contribution is -0.157. The van der Waals surface area contributed by atoms with E-state index in [0.717, 1.165) is 27.9 Å². The van der Waals surface area contributed by atoms with Crippen LogP contribution in [0, 0.1) is 0 Å². The molecule has 2 fully saturated rings. The van der Waals surface area contributed by atoms with Crippen LogP contribution in [0.4, 0.5) is 10.5 Å². The molecule has 3 aromatic rings. The summed E-state index contributed by atoms with van der Waals surface area (Å²) in [4.78, 5) is 44.2. The van der Waals surface area contributed by atoms with Crippen molar-refractivity contribution < 1.29 is 19.5 Å². The molecule has 0 bridgehead atoms. The molecule has 0 unspecified atom stereocenters. The lowest BCUT2D eigenvalue weighted by Crippen LogP contribution is -2.65. The predicted molar refractivity (Wildman–Crippen MR) is 164 cm³/mol. The van der Waals surface area contributed by atoms with Crippen molar-refractivity contribution in [2.45, 2.75) is 31.7 Å². The van der Waals surface area contributed by atoms with Gasteiger partial charge in [-0.25, -0.2) is 10.6 Å². The maximum absolute atomic E-state index is 14.1. The van der Waals surface area contributed by atoms with Crippen LogP contribution in [0.25, 0.3) is 6.08 Å². The average Bonchev–Trinajstić information content (AvgIpc) is 3.34. The Morgan fingerprint density at radius 3 is 2.44 bits per heavy atom. The number of hydrogen-bond donors (Lipinski definition) is 3. The number of nitrogens with zero attached hydrogens (tertiary/aromatic N) is 5. The smallest absolute Gasteiger partial charge is 0.332 e. The number of phenols is 1. The molecule has 0 aromatic heterocycles. The molecule has 0 saturated carbocycles. The number of hydrazine groups is 2. The Bertz CT molecular complexity index is 1500. The Kier molecular flexibility index (Phi) is 8.65. The summed E-state index contributed by atoms with van der Waals surface area (Å²) in [6.45, 7) is 4.63. The van der Waals surface area contributed by atoms with E-state index < -0.39 is 12.2 Å². The molecular weight excluding hydrogens is 546 g/mol. The van der Waals surface area contributed by atoms with Gasteiger partial charge >= 0.3 is 6.03 Å². The maximum Gasteiger partial charge on any atom is 0.332 e. The first-order valence-corrected chi connectivity index (χ1v) is 14.1. The predicted octanol–water partition coefficient (Wildman–Crippen LogP) is 2.53. The molecule has 2 saturated heterocycles. The second-order valence-electron chi connectivity index (χ2n) is 10.8. The molecule has 11 heteroatoms. The normalized spacial score (nSPS) is 18.4. The number of fused-ring (bicyclic) bond motifs is 1. The summed E-state index contributed by atoms with van der Waals surface area (Å²) in [6, 6.07) is 20.7. The molecule has 5 rings (SSSR count). The first-order chi connectivity index (χ1) is 20.7. The van der Waals surface area contributed by atoms with Crippen LogP contribution in [0.5, 0.6) is 5.75 Å². The first kappa shape index (κ1) is 29.6. The zero-order valence-electron chi connectivity index (χ0n) is 24.4. The summed E-state index contributed by atoms with van der Waals surface area (Å²) < 4.78 is 0. The molecule has 2 atom stereocenters. The molecule has 4 amide bonds. The number of piperazine rings is 1. The van der Waals surface area contributed by atoms with E-state index in [1.54, 1.807) is 59.2 Å². The summed E-state index contributed by atoms with van der Waals surface area (Å²) in [5, 5.41) is 17.3. The summed E-state index contributed by atoms with van der Waals surface area (Å²) in [5.74, 6) is 5.87. The summed E-state index contributed by atoms with van der Waals surface area (Å²) in [5.41, 5.74) is 4.17. The summed E-state index contributed by atoms with van der Waals surface area (Å²) >= 11 is 0. The molecule has 11 nitrogen and oxygen atoms in total. The van der Waals surface area contributed by atoms with Gasteiger partial charge in [-0.1, -0.05) is 73.3 Å². The molecule has 0 aliphatic carbocycles. The molecule has 2 heterocycles. The Labute approximate surface area is 251 Å². The van der Waals surface area contributed by atoms with Crippen LogP contribution in [-0.4, -0.2) is 82.2 Å². The minimum Gasteiger partial charge on any atom is -0.508 e. The number of carbonyl (C=O) groups excluding carboxylic acids is 3. The topological polar surface area (TPSA) is 126 Å². The van der Waals surface area contributed by atoms with Gasteiger partial charge in [0.25, 0.3) is 0 Å². The monoisotopic (exact) mass is 583 g/mol. The van der Waals surface area contributed by atoms with Crippen LogP contribution in [0.3, 0.4) is 0 Å². The maximum atomic E-state index is 14.1. The van der Waals surface area contributed by atoms with E-state index >= 15 is 0 Å². The molecule has 2 aliphatic heterocycles. The van der Waals surface area contributed by atoms with Crippen molar-refractivity contribution in [1.82, 2.24) is 25.1 Å². The molecule has 0 spiro atoms. The van der Waals surface area contributed by atoms with Gasteiger partial charge in [0.05, 0.1) is 18.8 Å². The number of nitrogens with two attached hydrogens (primary N) is 1. The average molecular weight is 584 g/mol. The van der Waals surface area contributed by atoms with Crippen molar-refractivity contribution >= 4 is 29.6 Å². The van der Waals surface area contributed by atoms with Crippen molar-refractivity contribution in [1.29, 1.82) is 0 Å². The zero-order valence-corrected chi connectivity index (χ0v) is 24.4. The third-order valence-corrected chi connectivity index (χ3v) is 7.98. The van der Waals surface area contributed by atoms with Gasteiger partial charge in [0.15, 0.2) is 0 Å². The fourth-order valence-corrected chi connectivity index (χ4v) is 5.85. The Hall–Kier alpha value is -4.87. The van der Waals surface area contributed by atoms with Crippen molar-refractivity contribution in [2.75, 3.05) is 32.2 Å². The van der Waals surface area contributed by atoms with Crippen LogP contribution in [-0.2, 0) is 29.1 Å². The minimum absolute atomic E-state index is 0.0458. The highest BCUT2D eigenvalue weighted by Gasteiger charge is 2.51. The van der Waals surface area contributed by atoms with E-state index in [4.69, 9.17) is 5.84 Å². The molecule has 224 valence electrons. The van der Waals surface area contributed by atoms with Crippen molar-refractivity contribution in [3.63, 3.8) is 0 Å². The number of aromatic hydroxyl groups is 1. The fraction of sp³-hybridized carbons (Fsp3) is 0.281. The number of hydrogen-bond acceptors (Lipinski definition) is 7. The Morgan fingerprint density at radius 2 is 1.77 bits per heavy atom. The SMILES string of the molecule is C=Cc1cccc(CN2C[C@H]3N(C(=O)CN3N(C)C(=O)NCc3ccccc3)[C@@H](Cc3ccc(O)cc3)C2=O)c1N(C)N. The first-order valence-electron chi connectivity index (χ1n) is 14.1. The number of benzene rings is 3. The highest BCUT2D eigenvalue weighted by atomic mass is 16.3. The largest absolute Gasteiger partial charge is 0.508 e. The summed E-state index contributed by atoms with van der Waals surface area (Å²) in [6.07, 6.45) is 1.41. The van der Waals surface area contributed by atoms with Crippen molar-refractivity contribution in [3.8, 4) is 5.75 Å². The quantitative estimate of drug-likeness (QED) is 0.261. The number of urea groups is 1. The van der Waals surface area contributed by atoms with Crippen LogP contribution < -0.4 is 16.2 Å². The highest BCUT2D eigenvalue weighted by molar-refractivity contribution is 5.92. The number of rotatable bonds is 9. The van der Waals surface area contributed by atoms with Gasteiger partial charge in [-0.2, -0.15) is 5.01 Å². The molecule has 0 radical (unpaired) electrons. The van der Waals surface area contributed by atoms with Crippen LogP contribution in [0.2, 0.25) is 0 Å². The Balaban J connectivity index is 1.44. The minimum atomic E-state index is -0.803. The van der Waals surface area contributed by atoms with E-state index in [1.165, 1.54) is 10.0 Å². The van der Waals surface area contributed by atoms with E-state index in [0.29, 0.717) is 6.54 Å². The van der Waals surface area contributed by atoms with Crippen LogP contribution >= 0.6 is 0 Å². The molecular formula is C32H37N7O4. The van der Waals surface area contributed by atoms with E-state index in [1.807, 2.05) is 48.5 Å². The highest BCUT2D eigenvalue weighted by Crippen LogP contribution is 2.32. The van der Waals surface area contributed by atoms with Gasteiger partial charge in [-0.3, -0.25) is 14.6 Å². The Morgan fingerprint density at radius 1 is 1.05 bits per heavy atom. The number of phenolic OH excluding ortho intramolecular Hbond substituents is 1. The number of amides is 4. The van der Waals surface area contributed by atoms with E-state index in [-0.39, 0.29) is 49.7 Å². The second-order valence-corrected chi connectivity index (χ2v) is 10.8. The number of anilines is 1. The number of carbonyl (C=O) groups is 3. The number of para-hydroxylation sites is 1. The van der Waals surface area contributed by atoms with Crippen molar-refractivity contribution in [2.24, 2.45) is 5.84 Å². The van der Waals surface area contributed by atoms with E-state index in [2.05, 4.69) is 11.9 Å². The fourth-order valence-electron chi connectivity index (χ4n) is 5.85. The molecule has 43 heavy (non-hydrogen) atoms. The zero-order chi connectivity index (χ0) is 30.7. The standard InChI is InChI=1S/C32H37N7O4/c1-4-24-11-8-12-25(30(24)35(2)33)19-37-20-28-38(36(3)32(43)34-18-23-9-6-5-7-10-23)21-29(41)39(28)27(31(37)42)17-22-13-15-26(40)16-14-22/h4-16,27-28,40H,1,17-21,33H2,2-3H3,(H,34,43)/t27-,28+/m0/s1.